The molecule has 0 bridgehead atoms. The second-order valence-electron chi connectivity index (χ2n) is 4.68. The van der Waals surface area contributed by atoms with E-state index in [9.17, 15) is 4.39 Å². The molecule has 0 aliphatic carbocycles. The standard InChI is InChI=1S/C16H12BrFN2OS3/c17-11-2-1-3-14(10-11)21-8-9-23-15-19-20(16(22)24-15)13-6-4-12(18)5-7-13/h1-7,10H,8-9H2. The summed E-state index contributed by atoms with van der Waals surface area (Å²) >= 11 is 11.8. The number of hydrogen-bond acceptors (Lipinski definition) is 5. The molecule has 0 saturated heterocycles. The van der Waals surface area contributed by atoms with Crippen molar-refractivity contribution in [1.29, 1.82) is 0 Å². The minimum Gasteiger partial charge on any atom is -0.493 e. The molecule has 24 heavy (non-hydrogen) atoms. The molecule has 0 aliphatic heterocycles. The maximum Gasteiger partial charge on any atom is 0.184 e. The largest absolute Gasteiger partial charge is 0.493 e. The highest BCUT2D eigenvalue weighted by Gasteiger charge is 2.07. The number of hydrogen-bond donors (Lipinski definition) is 0. The van der Waals surface area contributed by atoms with Crippen molar-refractivity contribution in [3.8, 4) is 11.4 Å². The van der Waals surface area contributed by atoms with Crippen molar-refractivity contribution >= 4 is 51.2 Å². The molecule has 0 aliphatic rings. The summed E-state index contributed by atoms with van der Waals surface area (Å²) in [6.07, 6.45) is 0. The first-order chi connectivity index (χ1) is 11.6. The van der Waals surface area contributed by atoms with Gasteiger partial charge in [-0.15, -0.1) is 5.10 Å². The minimum atomic E-state index is -0.278. The number of ether oxygens (including phenoxy) is 1. The van der Waals surface area contributed by atoms with Crippen molar-refractivity contribution in [3.63, 3.8) is 0 Å². The lowest BCUT2D eigenvalue weighted by Gasteiger charge is -2.05. The number of aromatic nitrogens is 2. The van der Waals surface area contributed by atoms with E-state index < -0.39 is 0 Å². The van der Waals surface area contributed by atoms with Gasteiger partial charge in [-0.05, 0) is 54.7 Å². The zero-order chi connectivity index (χ0) is 16.9. The summed E-state index contributed by atoms with van der Waals surface area (Å²) in [4.78, 5) is 0. The van der Waals surface area contributed by atoms with Gasteiger partial charge in [0, 0.05) is 10.2 Å². The van der Waals surface area contributed by atoms with Crippen molar-refractivity contribution in [2.45, 2.75) is 4.34 Å². The van der Waals surface area contributed by atoms with Gasteiger partial charge in [-0.25, -0.2) is 9.07 Å². The first-order valence-corrected chi connectivity index (χ1v) is 9.99. The van der Waals surface area contributed by atoms with E-state index >= 15 is 0 Å². The molecule has 1 aromatic heterocycles. The fourth-order valence-corrected chi connectivity index (χ4v) is 4.54. The van der Waals surface area contributed by atoms with E-state index in [1.54, 1.807) is 28.6 Å². The Morgan fingerprint density at radius 1 is 1.25 bits per heavy atom. The van der Waals surface area contributed by atoms with Crippen molar-refractivity contribution in [2.75, 3.05) is 12.4 Å². The van der Waals surface area contributed by atoms with Gasteiger partial charge in [0.25, 0.3) is 0 Å². The quantitative estimate of drug-likeness (QED) is 0.276. The summed E-state index contributed by atoms with van der Waals surface area (Å²) in [6, 6.07) is 13.9. The summed E-state index contributed by atoms with van der Waals surface area (Å²) in [6.45, 7) is 0.573. The fraction of sp³-hybridized carbons (Fsp3) is 0.125. The second kappa shape index (κ2) is 8.24. The van der Waals surface area contributed by atoms with Crippen LogP contribution in [0, 0.1) is 9.77 Å². The topological polar surface area (TPSA) is 27.1 Å². The predicted octanol–water partition coefficient (Wildman–Crippen LogP) is 5.74. The maximum atomic E-state index is 13.0. The van der Waals surface area contributed by atoms with Gasteiger partial charge < -0.3 is 4.74 Å². The Hall–Kier alpha value is -1.22. The highest BCUT2D eigenvalue weighted by atomic mass is 79.9. The molecule has 3 nitrogen and oxygen atoms in total. The number of nitrogens with zero attached hydrogens (tertiary/aromatic N) is 2. The van der Waals surface area contributed by atoms with Gasteiger partial charge in [-0.3, -0.25) is 0 Å². The SMILES string of the molecule is Fc1ccc(-n2nc(SCCOc3cccc(Br)c3)sc2=S)cc1. The average Bonchev–Trinajstić information content (AvgIpc) is 2.93. The molecular formula is C16H12BrFN2OS3. The Morgan fingerprint density at radius 3 is 2.79 bits per heavy atom. The monoisotopic (exact) mass is 442 g/mol. The Balaban J connectivity index is 1.57. The van der Waals surface area contributed by atoms with Crippen LogP contribution in [-0.4, -0.2) is 22.1 Å². The van der Waals surface area contributed by atoms with Crippen LogP contribution in [0.2, 0.25) is 0 Å². The third-order valence-electron chi connectivity index (χ3n) is 2.97. The van der Waals surface area contributed by atoms with Gasteiger partial charge in [0.2, 0.25) is 0 Å². The molecule has 2 aromatic carbocycles. The summed E-state index contributed by atoms with van der Waals surface area (Å²) < 4.78 is 22.8. The van der Waals surface area contributed by atoms with Gasteiger partial charge in [-0.1, -0.05) is 45.1 Å². The predicted molar refractivity (Wildman–Crippen MR) is 103 cm³/mol. The number of thioether (sulfide) groups is 1. The molecule has 3 rings (SSSR count). The molecule has 0 saturated carbocycles. The van der Waals surface area contributed by atoms with Crippen LogP contribution in [0.25, 0.3) is 5.69 Å². The van der Waals surface area contributed by atoms with E-state index in [2.05, 4.69) is 21.0 Å². The highest BCUT2D eigenvalue weighted by molar-refractivity contribution is 9.10. The first kappa shape index (κ1) is 17.6. The molecule has 0 spiro atoms. The van der Waals surface area contributed by atoms with Gasteiger partial charge in [0.05, 0.1) is 12.3 Å². The van der Waals surface area contributed by atoms with E-state index in [0.29, 0.717) is 10.6 Å². The van der Waals surface area contributed by atoms with Crippen molar-refractivity contribution in [2.24, 2.45) is 0 Å². The van der Waals surface area contributed by atoms with Gasteiger partial charge in [0.15, 0.2) is 8.29 Å². The molecule has 0 fully saturated rings. The van der Waals surface area contributed by atoms with E-state index in [4.69, 9.17) is 17.0 Å². The van der Waals surface area contributed by atoms with E-state index in [1.165, 1.54) is 23.5 Å². The summed E-state index contributed by atoms with van der Waals surface area (Å²) in [5.74, 6) is 1.31. The molecule has 124 valence electrons. The van der Waals surface area contributed by atoms with Gasteiger partial charge in [-0.2, -0.15) is 0 Å². The van der Waals surface area contributed by atoms with Gasteiger partial charge in [0.1, 0.15) is 11.6 Å². The second-order valence-corrected chi connectivity index (χ2v) is 8.56. The lowest BCUT2D eigenvalue weighted by molar-refractivity contribution is 0.343. The van der Waals surface area contributed by atoms with E-state index in [1.807, 2.05) is 24.3 Å². The lowest BCUT2D eigenvalue weighted by Crippen LogP contribution is -2.00. The molecule has 0 radical (unpaired) electrons. The maximum absolute atomic E-state index is 13.0. The number of benzene rings is 2. The molecule has 0 amide bonds. The molecule has 3 aromatic rings. The van der Waals surface area contributed by atoms with E-state index in [0.717, 1.165) is 26.0 Å². The van der Waals surface area contributed by atoms with Crippen LogP contribution in [0.4, 0.5) is 4.39 Å². The normalized spacial score (nSPS) is 10.8. The lowest BCUT2D eigenvalue weighted by atomic mass is 10.3. The molecule has 1 heterocycles. The first-order valence-electron chi connectivity index (χ1n) is 6.99. The summed E-state index contributed by atoms with van der Waals surface area (Å²) in [5, 5.41) is 4.48. The fourth-order valence-electron chi connectivity index (χ4n) is 1.91. The summed E-state index contributed by atoms with van der Waals surface area (Å²) in [5.41, 5.74) is 0.759. The highest BCUT2D eigenvalue weighted by Crippen LogP contribution is 2.24. The number of rotatable bonds is 6. The smallest absolute Gasteiger partial charge is 0.184 e. The molecular weight excluding hydrogens is 431 g/mol. The zero-order valence-corrected chi connectivity index (χ0v) is 16.4. The average molecular weight is 443 g/mol. The van der Waals surface area contributed by atoms with Crippen LogP contribution >= 0.6 is 51.2 Å². The molecule has 0 N–H and O–H groups in total. The van der Waals surface area contributed by atoms with Crippen molar-refractivity contribution < 1.29 is 9.13 Å². The Kier molecular flexibility index (Phi) is 6.04. The molecule has 0 unspecified atom stereocenters. The Bertz CT molecular complexity index is 880. The van der Waals surface area contributed by atoms with Crippen LogP contribution in [0.3, 0.4) is 0 Å². The Morgan fingerprint density at radius 2 is 2.04 bits per heavy atom. The summed E-state index contributed by atoms with van der Waals surface area (Å²) in [7, 11) is 0. The van der Waals surface area contributed by atoms with Gasteiger partial charge >= 0.3 is 0 Å². The van der Waals surface area contributed by atoms with Crippen molar-refractivity contribution in [1.82, 2.24) is 9.78 Å². The third-order valence-corrected chi connectivity index (χ3v) is 5.80. The third kappa shape index (κ3) is 4.66. The zero-order valence-electron chi connectivity index (χ0n) is 12.3. The van der Waals surface area contributed by atoms with Crippen molar-refractivity contribution in [3.05, 3.63) is 62.8 Å². The minimum absolute atomic E-state index is 0.278. The van der Waals surface area contributed by atoms with Crippen LogP contribution in [0.15, 0.2) is 57.3 Å². The van der Waals surface area contributed by atoms with Crippen LogP contribution in [0.1, 0.15) is 0 Å². The van der Waals surface area contributed by atoms with E-state index in [-0.39, 0.29) is 5.82 Å². The Labute approximate surface area is 160 Å². The van der Waals surface area contributed by atoms with Crippen LogP contribution in [0.5, 0.6) is 5.75 Å². The molecule has 8 heteroatoms. The van der Waals surface area contributed by atoms with Crippen LogP contribution < -0.4 is 4.74 Å². The number of halogens is 2. The molecule has 0 atom stereocenters. The van der Waals surface area contributed by atoms with Crippen LogP contribution in [-0.2, 0) is 0 Å².